The van der Waals surface area contributed by atoms with Crippen molar-refractivity contribution in [1.82, 2.24) is 9.55 Å². The van der Waals surface area contributed by atoms with Crippen molar-refractivity contribution in [2.45, 2.75) is 26.5 Å². The molecule has 1 heterocycles. The Kier molecular flexibility index (Phi) is 4.56. The number of imidazole rings is 1. The molecule has 0 saturated carbocycles. The van der Waals surface area contributed by atoms with Gasteiger partial charge in [-0.2, -0.15) is 5.26 Å². The second-order valence-electron chi connectivity index (χ2n) is 4.34. The predicted molar refractivity (Wildman–Crippen MR) is 77.4 cm³/mol. The van der Waals surface area contributed by atoms with E-state index in [4.69, 9.17) is 10.00 Å². The smallest absolute Gasteiger partial charge is 0.153 e. The third-order valence-corrected chi connectivity index (χ3v) is 3.01. The third kappa shape index (κ3) is 3.07. The summed E-state index contributed by atoms with van der Waals surface area (Å²) in [5.74, 6) is 1.42. The van der Waals surface area contributed by atoms with Crippen molar-refractivity contribution >= 4 is 5.76 Å². The molecule has 0 bridgehead atoms. The lowest BCUT2D eigenvalue weighted by molar-refractivity contribution is 0.175. The Morgan fingerprint density at radius 3 is 2.85 bits per heavy atom. The molecule has 4 nitrogen and oxygen atoms in total. The molecule has 102 valence electrons. The van der Waals surface area contributed by atoms with Gasteiger partial charge in [-0.3, -0.25) is 0 Å². The largest absolute Gasteiger partial charge is 0.481 e. The lowest BCUT2D eigenvalue weighted by Gasteiger charge is -2.17. The Balaban J connectivity index is 2.22. The normalized spacial score (nSPS) is 12.8. The van der Waals surface area contributed by atoms with Gasteiger partial charge in [0.25, 0.3) is 0 Å². The third-order valence-electron chi connectivity index (χ3n) is 3.01. The summed E-state index contributed by atoms with van der Waals surface area (Å²) in [6.45, 7) is 4.83. The van der Waals surface area contributed by atoms with E-state index in [-0.39, 0.29) is 6.10 Å². The summed E-state index contributed by atoms with van der Waals surface area (Å²) in [7, 11) is 0. The molecule has 1 unspecified atom stereocenters. The number of nitrogens with zero attached hydrogens (tertiary/aromatic N) is 3. The second kappa shape index (κ2) is 6.58. The fourth-order valence-electron chi connectivity index (χ4n) is 2.04. The van der Waals surface area contributed by atoms with Gasteiger partial charge in [0.1, 0.15) is 11.6 Å². The van der Waals surface area contributed by atoms with Gasteiger partial charge >= 0.3 is 0 Å². The average molecular weight is 267 g/mol. The van der Waals surface area contributed by atoms with Crippen LogP contribution in [-0.2, 0) is 11.3 Å². The molecule has 1 aromatic carbocycles. The van der Waals surface area contributed by atoms with Crippen LogP contribution in [0.2, 0.25) is 0 Å². The molecule has 0 saturated heterocycles. The Morgan fingerprint density at radius 2 is 2.20 bits per heavy atom. The maximum atomic E-state index is 8.91. The van der Waals surface area contributed by atoms with Crippen molar-refractivity contribution in [2.75, 3.05) is 0 Å². The molecule has 0 fully saturated rings. The summed E-state index contributed by atoms with van der Waals surface area (Å²) in [6.07, 6.45) is 4.88. The van der Waals surface area contributed by atoms with Gasteiger partial charge in [-0.05, 0) is 13.8 Å². The Labute approximate surface area is 118 Å². The van der Waals surface area contributed by atoms with Crippen LogP contribution in [0.15, 0.2) is 48.8 Å². The van der Waals surface area contributed by atoms with E-state index in [0.717, 1.165) is 17.9 Å². The molecule has 0 aliphatic rings. The number of aryl methyl sites for hydroxylation is 1. The molecule has 0 radical (unpaired) electrons. The summed E-state index contributed by atoms with van der Waals surface area (Å²) in [4.78, 5) is 4.32. The molecule has 0 aliphatic heterocycles. The van der Waals surface area contributed by atoms with Crippen molar-refractivity contribution < 1.29 is 4.74 Å². The molecule has 2 rings (SSSR count). The van der Waals surface area contributed by atoms with E-state index in [1.54, 1.807) is 6.20 Å². The number of hydrogen-bond acceptors (Lipinski definition) is 3. The Morgan fingerprint density at radius 1 is 1.45 bits per heavy atom. The summed E-state index contributed by atoms with van der Waals surface area (Å²) < 4.78 is 7.95. The minimum atomic E-state index is -0.218. The number of benzene rings is 1. The van der Waals surface area contributed by atoms with Crippen LogP contribution in [0.4, 0.5) is 0 Å². The van der Waals surface area contributed by atoms with Gasteiger partial charge in [0.2, 0.25) is 0 Å². The fourth-order valence-corrected chi connectivity index (χ4v) is 2.04. The summed E-state index contributed by atoms with van der Waals surface area (Å²) >= 11 is 0. The van der Waals surface area contributed by atoms with E-state index >= 15 is 0 Å². The topological polar surface area (TPSA) is 50.8 Å². The second-order valence-corrected chi connectivity index (χ2v) is 4.34. The number of rotatable bonds is 5. The highest BCUT2D eigenvalue weighted by atomic mass is 16.5. The highest BCUT2D eigenvalue weighted by Crippen LogP contribution is 2.24. The predicted octanol–water partition coefficient (Wildman–Crippen LogP) is 3.55. The standard InChI is InChI=1S/C16H17N3O/c1-3-19-12-11-18-16(19)13(2)20-15(9-10-17)14-7-5-4-6-8-14/h4-9,11-13H,3H2,1-2H3/b15-9-. The lowest BCUT2D eigenvalue weighted by Crippen LogP contribution is -2.08. The van der Waals surface area contributed by atoms with Crippen LogP contribution in [0.3, 0.4) is 0 Å². The monoisotopic (exact) mass is 267 g/mol. The zero-order chi connectivity index (χ0) is 14.4. The summed E-state index contributed by atoms with van der Waals surface area (Å²) in [5, 5.41) is 8.91. The van der Waals surface area contributed by atoms with Gasteiger partial charge in [-0.15, -0.1) is 0 Å². The average Bonchev–Trinajstić information content (AvgIpc) is 2.96. The Hall–Kier alpha value is -2.54. The van der Waals surface area contributed by atoms with E-state index < -0.39 is 0 Å². The van der Waals surface area contributed by atoms with Gasteiger partial charge in [-0.1, -0.05) is 30.3 Å². The fraction of sp³-hybridized carbons (Fsp3) is 0.250. The van der Waals surface area contributed by atoms with Crippen molar-refractivity contribution in [3.63, 3.8) is 0 Å². The number of aromatic nitrogens is 2. The van der Waals surface area contributed by atoms with E-state index in [1.807, 2.05) is 54.1 Å². The first-order chi connectivity index (χ1) is 9.76. The van der Waals surface area contributed by atoms with E-state index in [1.165, 1.54) is 6.08 Å². The first-order valence-corrected chi connectivity index (χ1v) is 6.59. The van der Waals surface area contributed by atoms with Crippen molar-refractivity contribution in [3.05, 3.63) is 60.2 Å². The maximum Gasteiger partial charge on any atom is 0.153 e. The van der Waals surface area contributed by atoms with Gasteiger partial charge < -0.3 is 9.30 Å². The van der Waals surface area contributed by atoms with Crippen LogP contribution >= 0.6 is 0 Å². The minimum Gasteiger partial charge on any atom is -0.481 e. The molecule has 20 heavy (non-hydrogen) atoms. The number of nitriles is 1. The van der Waals surface area contributed by atoms with Crippen LogP contribution in [0.25, 0.3) is 5.76 Å². The summed E-state index contributed by atoms with van der Waals surface area (Å²) in [5.41, 5.74) is 0.885. The van der Waals surface area contributed by atoms with Crippen LogP contribution < -0.4 is 0 Å². The zero-order valence-electron chi connectivity index (χ0n) is 11.7. The molecule has 1 atom stereocenters. The van der Waals surface area contributed by atoms with Gasteiger partial charge in [0.05, 0.1) is 12.1 Å². The van der Waals surface area contributed by atoms with Crippen molar-refractivity contribution in [3.8, 4) is 6.07 Å². The number of allylic oxidation sites excluding steroid dienone is 1. The molecular formula is C16H17N3O. The van der Waals surface area contributed by atoms with Gasteiger partial charge in [0.15, 0.2) is 6.10 Å². The molecule has 0 amide bonds. The quantitative estimate of drug-likeness (QED) is 0.615. The van der Waals surface area contributed by atoms with Crippen LogP contribution in [-0.4, -0.2) is 9.55 Å². The van der Waals surface area contributed by atoms with Gasteiger partial charge in [-0.25, -0.2) is 4.98 Å². The molecule has 0 N–H and O–H groups in total. The maximum absolute atomic E-state index is 8.91. The van der Waals surface area contributed by atoms with Crippen molar-refractivity contribution in [2.24, 2.45) is 0 Å². The Bertz CT molecular complexity index is 623. The zero-order valence-corrected chi connectivity index (χ0v) is 11.7. The lowest BCUT2D eigenvalue weighted by atomic mass is 10.2. The van der Waals surface area contributed by atoms with E-state index in [9.17, 15) is 0 Å². The molecule has 0 spiro atoms. The van der Waals surface area contributed by atoms with Crippen LogP contribution in [0.1, 0.15) is 31.3 Å². The number of ether oxygens (including phenoxy) is 1. The molecular weight excluding hydrogens is 250 g/mol. The highest BCUT2D eigenvalue weighted by Gasteiger charge is 2.15. The van der Waals surface area contributed by atoms with E-state index in [0.29, 0.717) is 5.76 Å². The SMILES string of the molecule is CCn1ccnc1C(C)O/C(=C\C#N)c1ccccc1. The molecule has 0 aliphatic carbocycles. The van der Waals surface area contributed by atoms with Gasteiger partial charge in [0, 0.05) is 24.5 Å². The molecule has 1 aromatic heterocycles. The highest BCUT2D eigenvalue weighted by molar-refractivity contribution is 5.62. The minimum absolute atomic E-state index is 0.218. The summed E-state index contributed by atoms with van der Waals surface area (Å²) in [6, 6.07) is 11.6. The molecule has 2 aromatic rings. The molecule has 4 heteroatoms. The van der Waals surface area contributed by atoms with Crippen LogP contribution in [0.5, 0.6) is 0 Å². The van der Waals surface area contributed by atoms with E-state index in [2.05, 4.69) is 11.9 Å². The van der Waals surface area contributed by atoms with Crippen LogP contribution in [0, 0.1) is 11.3 Å². The first kappa shape index (κ1) is 13.9. The van der Waals surface area contributed by atoms with Crippen molar-refractivity contribution in [1.29, 1.82) is 5.26 Å². The first-order valence-electron chi connectivity index (χ1n) is 6.59. The number of hydrogen-bond donors (Lipinski definition) is 0.